The Morgan fingerprint density at radius 1 is 0.944 bits per heavy atom. The second-order valence-corrected chi connectivity index (χ2v) is 15.0. The maximum Gasteiger partial charge on any atom is 0.265 e. The number of hydrogen-bond acceptors (Lipinski definition) is 8. The molecule has 0 aliphatic carbocycles. The average molecular weight is 774 g/mol. The number of likely N-dealkylation sites (N-methyl/N-ethyl adjacent to an activating group) is 1. The molecule has 3 aliphatic heterocycles. The zero-order valence-electron chi connectivity index (χ0n) is 29.1. The third kappa shape index (κ3) is 7.84. The van der Waals surface area contributed by atoms with Crippen LogP contribution >= 0.6 is 22.9 Å². The van der Waals surface area contributed by atoms with E-state index in [1.54, 1.807) is 30.3 Å². The van der Waals surface area contributed by atoms with Crippen molar-refractivity contribution in [2.24, 2.45) is 5.41 Å². The Kier molecular flexibility index (Phi) is 10.7. The van der Waals surface area contributed by atoms with Crippen LogP contribution in [0.5, 0.6) is 0 Å². The normalized spacial score (nSPS) is 15.5. The number of ether oxygens (including phenoxy) is 1. The molecule has 3 aromatic carbocycles. The van der Waals surface area contributed by atoms with Gasteiger partial charge in [-0.15, -0.1) is 11.3 Å². The highest BCUT2D eigenvalue weighted by Gasteiger charge is 2.45. The summed E-state index contributed by atoms with van der Waals surface area (Å²) < 4.78 is 46.8. The van der Waals surface area contributed by atoms with Gasteiger partial charge in [0, 0.05) is 72.7 Å². The number of carbonyl (C=O) groups is 3. The summed E-state index contributed by atoms with van der Waals surface area (Å²) in [5.41, 5.74) is 4.13. The Morgan fingerprint density at radius 3 is 2.43 bits per heavy atom. The molecule has 54 heavy (non-hydrogen) atoms. The fourth-order valence-electron chi connectivity index (χ4n) is 6.90. The third-order valence-corrected chi connectivity index (χ3v) is 11.4. The lowest BCUT2D eigenvalue weighted by Gasteiger charge is -2.53. The first-order chi connectivity index (χ1) is 26.0. The number of amides is 2. The monoisotopic (exact) mass is 773 g/mol. The number of carbonyl (C=O) groups excluding carboxylic acids is 3. The van der Waals surface area contributed by atoms with Gasteiger partial charge in [0.1, 0.15) is 29.6 Å². The second kappa shape index (κ2) is 15.6. The molecule has 1 spiro atoms. The molecule has 3 aliphatic rings. The number of anilines is 4. The first-order valence-corrected chi connectivity index (χ1v) is 18.5. The van der Waals surface area contributed by atoms with E-state index in [0.29, 0.717) is 28.5 Å². The molecule has 8 rings (SSSR count). The number of pyridine rings is 1. The number of rotatable bonds is 6. The van der Waals surface area contributed by atoms with Gasteiger partial charge in [-0.05, 0) is 91.6 Å². The SMILES string of the molecule is CN1CCc2cc(C(=O)Nc3c(F)cccc3Cl)sc2-c2ccc(F)cc21.O=Cc1ccc(NC(=O)c2cc(F)cnc2N2CC3(CCOCC3)C2)cc1. The predicted octanol–water partition coefficient (Wildman–Crippen LogP) is 8.49. The minimum absolute atomic E-state index is 0.0324. The van der Waals surface area contributed by atoms with E-state index in [0.717, 1.165) is 79.7 Å². The summed E-state index contributed by atoms with van der Waals surface area (Å²) in [5, 5.41) is 5.44. The van der Waals surface area contributed by atoms with Gasteiger partial charge in [0.25, 0.3) is 11.8 Å². The number of halogens is 4. The number of benzene rings is 3. The van der Waals surface area contributed by atoms with Crippen molar-refractivity contribution < 1.29 is 32.3 Å². The molecule has 0 bridgehead atoms. The van der Waals surface area contributed by atoms with E-state index in [1.807, 2.05) is 22.9 Å². The van der Waals surface area contributed by atoms with Crippen LogP contribution in [0.3, 0.4) is 0 Å². The van der Waals surface area contributed by atoms with Gasteiger partial charge >= 0.3 is 0 Å². The Bertz CT molecular complexity index is 2200. The summed E-state index contributed by atoms with van der Waals surface area (Å²) >= 11 is 7.30. The van der Waals surface area contributed by atoms with Crippen molar-refractivity contribution in [1.82, 2.24) is 4.98 Å². The molecule has 278 valence electrons. The molecule has 9 nitrogen and oxygen atoms in total. The number of hydrogen-bond donors (Lipinski definition) is 2. The maximum absolute atomic E-state index is 13.9. The van der Waals surface area contributed by atoms with E-state index in [-0.39, 0.29) is 27.5 Å². The lowest BCUT2D eigenvalue weighted by molar-refractivity contribution is -0.000516. The number of nitrogens with zero attached hydrogens (tertiary/aromatic N) is 3. The highest BCUT2D eigenvalue weighted by molar-refractivity contribution is 7.17. The van der Waals surface area contributed by atoms with Gasteiger partial charge in [0.15, 0.2) is 0 Å². The minimum atomic E-state index is -0.587. The number of aldehydes is 1. The summed E-state index contributed by atoms with van der Waals surface area (Å²) in [5.74, 6) is -1.79. The van der Waals surface area contributed by atoms with Gasteiger partial charge in [-0.1, -0.05) is 17.7 Å². The molecule has 0 atom stereocenters. The lowest BCUT2D eigenvalue weighted by atomic mass is 9.73. The van der Waals surface area contributed by atoms with Crippen molar-refractivity contribution in [2.75, 3.05) is 60.3 Å². The van der Waals surface area contributed by atoms with Crippen LogP contribution in [0.15, 0.2) is 79.0 Å². The standard InChI is InChI=1S/C20H15ClF2N2OS.C20H20FN3O3/c1-25-8-7-11-9-17(20(26)24-18-14(21)3-2-4-15(18)23)27-19(11)13-6-5-12(22)10-16(13)25;21-15-9-17(19(26)23-16-3-1-14(11-25)2-4-16)18(22-10-15)24-12-20(13-24)5-7-27-8-6-20/h2-6,9-10H,7-8H2,1H3,(H,24,26);1-4,9-11H,5-8,12-13H2,(H,23,26). The van der Waals surface area contributed by atoms with Gasteiger partial charge < -0.3 is 25.2 Å². The maximum atomic E-state index is 13.9. The lowest BCUT2D eigenvalue weighted by Crippen LogP contribution is -2.59. The zero-order chi connectivity index (χ0) is 38.0. The summed E-state index contributed by atoms with van der Waals surface area (Å²) in [6.45, 7) is 3.82. The minimum Gasteiger partial charge on any atom is -0.381 e. The molecular formula is C40H35ClF3N5O4S. The van der Waals surface area contributed by atoms with Gasteiger partial charge in [-0.2, -0.15) is 0 Å². The van der Waals surface area contributed by atoms with E-state index in [2.05, 4.69) is 15.6 Å². The topological polar surface area (TPSA) is 104 Å². The average Bonchev–Trinajstić information content (AvgIpc) is 3.54. The summed E-state index contributed by atoms with van der Waals surface area (Å²) in [4.78, 5) is 45.7. The summed E-state index contributed by atoms with van der Waals surface area (Å²) in [6, 6.07) is 18.4. The second-order valence-electron chi connectivity index (χ2n) is 13.5. The van der Waals surface area contributed by atoms with Crippen molar-refractivity contribution in [3.8, 4) is 10.4 Å². The van der Waals surface area contributed by atoms with Gasteiger partial charge in [-0.25, -0.2) is 18.2 Å². The highest BCUT2D eigenvalue weighted by Crippen LogP contribution is 2.43. The molecule has 0 unspecified atom stereocenters. The summed E-state index contributed by atoms with van der Waals surface area (Å²) in [7, 11) is 1.92. The van der Waals surface area contributed by atoms with E-state index < -0.39 is 23.4 Å². The highest BCUT2D eigenvalue weighted by atomic mass is 35.5. The zero-order valence-corrected chi connectivity index (χ0v) is 30.7. The number of aromatic nitrogens is 1. The smallest absolute Gasteiger partial charge is 0.265 e. The first-order valence-electron chi connectivity index (χ1n) is 17.3. The molecular weight excluding hydrogens is 739 g/mol. The Morgan fingerprint density at radius 2 is 1.70 bits per heavy atom. The first kappa shape index (κ1) is 37.1. The molecule has 2 saturated heterocycles. The van der Waals surface area contributed by atoms with Crippen LogP contribution in [0.1, 0.15) is 48.8 Å². The van der Waals surface area contributed by atoms with Crippen LogP contribution in [0.2, 0.25) is 5.02 Å². The molecule has 2 amide bonds. The van der Waals surface area contributed by atoms with E-state index >= 15 is 0 Å². The van der Waals surface area contributed by atoms with Crippen molar-refractivity contribution in [1.29, 1.82) is 0 Å². The summed E-state index contributed by atoms with van der Waals surface area (Å²) in [6.07, 6.45) is 4.59. The number of fused-ring (bicyclic) bond motifs is 3. The van der Waals surface area contributed by atoms with Crippen LogP contribution < -0.4 is 20.4 Å². The van der Waals surface area contributed by atoms with Gasteiger partial charge in [0.05, 0.1) is 27.3 Å². The van der Waals surface area contributed by atoms with Gasteiger partial charge in [0.2, 0.25) is 0 Å². The van der Waals surface area contributed by atoms with Crippen molar-refractivity contribution in [3.05, 3.63) is 123 Å². The Balaban J connectivity index is 0.000000167. The van der Waals surface area contributed by atoms with Crippen molar-refractivity contribution in [2.45, 2.75) is 19.3 Å². The van der Waals surface area contributed by atoms with Crippen LogP contribution in [0, 0.1) is 22.9 Å². The molecule has 5 aromatic rings. The Hall–Kier alpha value is -5.24. The van der Waals surface area contributed by atoms with Gasteiger partial charge in [-0.3, -0.25) is 14.4 Å². The third-order valence-electron chi connectivity index (χ3n) is 9.85. The fourth-order valence-corrected chi connectivity index (χ4v) is 8.25. The van der Waals surface area contributed by atoms with Crippen LogP contribution in [0.4, 0.5) is 36.1 Å². The van der Waals surface area contributed by atoms with E-state index in [1.165, 1.54) is 47.7 Å². The quantitative estimate of drug-likeness (QED) is 0.167. The molecule has 14 heteroatoms. The van der Waals surface area contributed by atoms with Crippen LogP contribution in [-0.2, 0) is 11.2 Å². The van der Waals surface area contributed by atoms with Crippen molar-refractivity contribution >= 4 is 63.9 Å². The number of nitrogens with one attached hydrogen (secondary N) is 2. The largest absolute Gasteiger partial charge is 0.381 e. The molecule has 2 N–H and O–H groups in total. The molecule has 2 aromatic heterocycles. The predicted molar refractivity (Wildman–Crippen MR) is 205 cm³/mol. The van der Waals surface area contributed by atoms with Crippen LogP contribution in [-0.4, -0.2) is 63.0 Å². The van der Waals surface area contributed by atoms with E-state index in [4.69, 9.17) is 16.3 Å². The molecule has 2 fully saturated rings. The number of thiophene rings is 1. The molecule has 0 radical (unpaired) electrons. The van der Waals surface area contributed by atoms with Crippen LogP contribution in [0.25, 0.3) is 10.4 Å². The fraction of sp³-hybridized carbons (Fsp3) is 0.250. The Labute approximate surface area is 318 Å². The molecule has 5 heterocycles. The van der Waals surface area contributed by atoms with E-state index in [9.17, 15) is 27.6 Å². The van der Waals surface area contributed by atoms with Crippen molar-refractivity contribution in [3.63, 3.8) is 0 Å². The number of para-hydroxylation sites is 1. The molecule has 0 saturated carbocycles.